The maximum Gasteiger partial charge on any atom is 0.255 e. The maximum atomic E-state index is 13.2. The van der Waals surface area contributed by atoms with Gasteiger partial charge in [0.2, 0.25) is 0 Å². The van der Waals surface area contributed by atoms with Crippen LogP contribution in [-0.2, 0) is 0 Å². The van der Waals surface area contributed by atoms with Crippen molar-refractivity contribution in [2.45, 2.75) is 239 Å². The molecule has 0 heterocycles. The van der Waals surface area contributed by atoms with Gasteiger partial charge >= 0.3 is 0 Å². The minimum atomic E-state index is -0.105. The van der Waals surface area contributed by atoms with Gasteiger partial charge in [-0.3, -0.25) is 9.59 Å². The third-order valence-corrected chi connectivity index (χ3v) is 10.9. The Morgan fingerprint density at radius 2 is 0.736 bits per heavy atom. The van der Waals surface area contributed by atoms with Crippen molar-refractivity contribution in [3.8, 4) is 5.75 Å². The SMILES string of the molecule is CCCCCCCCCCCCCCCCNC(=O)c1ccc(C(=O)NCCCCCCCCCCCCCCCC)c(OCCCCCCCC)c1. The summed E-state index contributed by atoms with van der Waals surface area (Å²) in [6, 6.07) is 5.33. The van der Waals surface area contributed by atoms with Crippen molar-refractivity contribution in [2.24, 2.45) is 0 Å². The van der Waals surface area contributed by atoms with Gasteiger partial charge in [0, 0.05) is 18.7 Å². The Bertz CT molecular complexity index is 964. The van der Waals surface area contributed by atoms with Crippen LogP contribution in [0.1, 0.15) is 260 Å². The lowest BCUT2D eigenvalue weighted by molar-refractivity contribution is 0.0937. The zero-order valence-electron chi connectivity index (χ0n) is 35.6. The molecule has 0 radical (unpaired) electrons. The van der Waals surface area contributed by atoms with Crippen molar-refractivity contribution in [3.63, 3.8) is 0 Å². The Balaban J connectivity index is 2.34. The predicted molar refractivity (Wildman–Crippen MR) is 231 cm³/mol. The average molecular weight is 741 g/mol. The largest absolute Gasteiger partial charge is 0.493 e. The first-order valence-corrected chi connectivity index (χ1v) is 23.5. The van der Waals surface area contributed by atoms with Crippen LogP contribution in [0.15, 0.2) is 18.2 Å². The van der Waals surface area contributed by atoms with E-state index in [0.29, 0.717) is 36.6 Å². The average Bonchev–Trinajstić information content (AvgIpc) is 3.17. The number of ether oxygens (including phenoxy) is 1. The lowest BCUT2D eigenvalue weighted by atomic mass is 10.0. The summed E-state index contributed by atoms with van der Waals surface area (Å²) in [5.74, 6) is 0.339. The van der Waals surface area contributed by atoms with Gasteiger partial charge in [-0.1, -0.05) is 220 Å². The van der Waals surface area contributed by atoms with Crippen LogP contribution in [0.25, 0.3) is 0 Å². The van der Waals surface area contributed by atoms with Crippen LogP contribution in [0, 0.1) is 0 Å². The first kappa shape index (κ1) is 49.0. The second-order valence-electron chi connectivity index (χ2n) is 16.0. The van der Waals surface area contributed by atoms with Crippen molar-refractivity contribution < 1.29 is 14.3 Å². The zero-order valence-corrected chi connectivity index (χ0v) is 35.6. The van der Waals surface area contributed by atoms with E-state index in [-0.39, 0.29) is 11.8 Å². The molecule has 1 aromatic carbocycles. The highest BCUT2D eigenvalue weighted by atomic mass is 16.5. The van der Waals surface area contributed by atoms with E-state index in [1.165, 1.54) is 180 Å². The van der Waals surface area contributed by atoms with Gasteiger partial charge in [-0.05, 0) is 37.5 Å². The monoisotopic (exact) mass is 741 g/mol. The van der Waals surface area contributed by atoms with Crippen LogP contribution in [0.3, 0.4) is 0 Å². The smallest absolute Gasteiger partial charge is 0.255 e. The fourth-order valence-electron chi connectivity index (χ4n) is 7.28. The number of carbonyl (C=O) groups excluding carboxylic acids is 2. The van der Waals surface area contributed by atoms with Crippen LogP contribution in [0.5, 0.6) is 5.75 Å². The van der Waals surface area contributed by atoms with Crippen LogP contribution in [-0.4, -0.2) is 31.5 Å². The van der Waals surface area contributed by atoms with E-state index in [4.69, 9.17) is 4.74 Å². The third-order valence-electron chi connectivity index (χ3n) is 10.9. The fourth-order valence-corrected chi connectivity index (χ4v) is 7.28. The van der Waals surface area contributed by atoms with Crippen LogP contribution in [0.2, 0.25) is 0 Å². The lowest BCUT2D eigenvalue weighted by Gasteiger charge is -2.14. The predicted octanol–water partition coefficient (Wildman–Crippen LogP) is 14.8. The van der Waals surface area contributed by atoms with Gasteiger partial charge in [0.1, 0.15) is 5.75 Å². The Morgan fingerprint density at radius 1 is 0.415 bits per heavy atom. The van der Waals surface area contributed by atoms with E-state index >= 15 is 0 Å². The molecule has 5 heteroatoms. The molecule has 5 nitrogen and oxygen atoms in total. The number of nitrogens with one attached hydrogen (secondary N) is 2. The van der Waals surface area contributed by atoms with Crippen molar-refractivity contribution in [2.75, 3.05) is 19.7 Å². The number of hydrogen-bond acceptors (Lipinski definition) is 3. The highest BCUT2D eigenvalue weighted by Gasteiger charge is 2.16. The van der Waals surface area contributed by atoms with Crippen LogP contribution >= 0.6 is 0 Å². The molecular formula is C48H88N2O3. The Kier molecular flexibility index (Phi) is 35.3. The lowest BCUT2D eigenvalue weighted by Crippen LogP contribution is -2.26. The van der Waals surface area contributed by atoms with Crippen molar-refractivity contribution in [1.82, 2.24) is 10.6 Å². The van der Waals surface area contributed by atoms with E-state index in [9.17, 15) is 9.59 Å². The minimum absolute atomic E-state index is 0.0847. The quantitative estimate of drug-likeness (QED) is 0.0658. The van der Waals surface area contributed by atoms with Crippen molar-refractivity contribution in [1.29, 1.82) is 0 Å². The van der Waals surface area contributed by atoms with E-state index in [2.05, 4.69) is 31.4 Å². The molecule has 2 N–H and O–H groups in total. The van der Waals surface area contributed by atoms with E-state index < -0.39 is 0 Å². The molecule has 0 spiro atoms. The molecule has 0 unspecified atom stereocenters. The summed E-state index contributed by atoms with van der Waals surface area (Å²) in [5.41, 5.74) is 1.10. The first-order valence-electron chi connectivity index (χ1n) is 23.5. The van der Waals surface area contributed by atoms with Crippen LogP contribution < -0.4 is 15.4 Å². The molecule has 2 amide bonds. The van der Waals surface area contributed by atoms with Gasteiger partial charge in [-0.25, -0.2) is 0 Å². The topological polar surface area (TPSA) is 67.4 Å². The molecule has 0 bridgehead atoms. The molecule has 0 saturated carbocycles. The van der Waals surface area contributed by atoms with E-state index in [0.717, 1.165) is 38.5 Å². The summed E-state index contributed by atoms with van der Waals surface area (Å²) < 4.78 is 6.17. The summed E-state index contributed by atoms with van der Waals surface area (Å²) in [6.45, 7) is 8.72. The summed E-state index contributed by atoms with van der Waals surface area (Å²) in [5, 5.41) is 6.22. The molecule has 0 saturated heterocycles. The molecule has 53 heavy (non-hydrogen) atoms. The van der Waals surface area contributed by atoms with Gasteiger partial charge in [0.15, 0.2) is 0 Å². The maximum absolute atomic E-state index is 13.2. The molecule has 0 aliphatic rings. The van der Waals surface area contributed by atoms with Gasteiger partial charge in [-0.15, -0.1) is 0 Å². The number of unbranched alkanes of at least 4 members (excludes halogenated alkanes) is 31. The van der Waals surface area contributed by atoms with E-state index in [1.807, 2.05) is 0 Å². The van der Waals surface area contributed by atoms with Crippen molar-refractivity contribution in [3.05, 3.63) is 29.3 Å². The van der Waals surface area contributed by atoms with Gasteiger partial charge in [-0.2, -0.15) is 0 Å². The standard InChI is InChI=1S/C48H88N2O3/c1-4-7-10-13-16-18-20-22-24-26-28-30-32-35-40-49-47(51)44-38-39-45(46(43-44)53-42-37-34-15-12-9-6-3)48(52)50-41-36-33-31-29-27-25-23-21-19-17-14-11-8-5-2/h38-39,43H,4-37,40-42H2,1-3H3,(H,49,51)(H,50,52). The molecular weight excluding hydrogens is 653 g/mol. The molecule has 0 fully saturated rings. The minimum Gasteiger partial charge on any atom is -0.493 e. The Hall–Kier alpha value is -2.04. The number of carbonyl (C=O) groups is 2. The first-order chi connectivity index (χ1) is 26.1. The second kappa shape index (κ2) is 38.2. The normalized spacial score (nSPS) is 11.2. The van der Waals surface area contributed by atoms with E-state index in [1.54, 1.807) is 18.2 Å². The highest BCUT2D eigenvalue weighted by molar-refractivity contribution is 6.00. The van der Waals surface area contributed by atoms with Gasteiger partial charge < -0.3 is 15.4 Å². The molecule has 0 aliphatic heterocycles. The molecule has 1 aromatic rings. The van der Waals surface area contributed by atoms with Crippen molar-refractivity contribution >= 4 is 11.8 Å². The summed E-state index contributed by atoms with van der Waals surface area (Å²) in [4.78, 5) is 26.3. The highest BCUT2D eigenvalue weighted by Crippen LogP contribution is 2.22. The third kappa shape index (κ3) is 29.9. The molecule has 0 aromatic heterocycles. The van der Waals surface area contributed by atoms with Gasteiger partial charge in [0.25, 0.3) is 11.8 Å². The number of rotatable bonds is 40. The van der Waals surface area contributed by atoms with Crippen LogP contribution in [0.4, 0.5) is 0 Å². The van der Waals surface area contributed by atoms with Gasteiger partial charge in [0.05, 0.1) is 12.2 Å². The summed E-state index contributed by atoms with van der Waals surface area (Å²) in [7, 11) is 0. The molecule has 1 rings (SSSR count). The Morgan fingerprint density at radius 3 is 1.11 bits per heavy atom. The fraction of sp³-hybridized carbons (Fsp3) is 0.833. The second-order valence-corrected chi connectivity index (χ2v) is 16.0. The Labute approximate surface area is 329 Å². The number of amides is 2. The number of benzene rings is 1. The molecule has 0 aliphatic carbocycles. The molecule has 0 atom stereocenters. The summed E-state index contributed by atoms with van der Waals surface area (Å²) >= 11 is 0. The number of hydrogen-bond donors (Lipinski definition) is 2. The molecule has 308 valence electrons. The summed E-state index contributed by atoms with van der Waals surface area (Å²) in [6.07, 6.45) is 44.2. The zero-order chi connectivity index (χ0) is 38.3.